The van der Waals surface area contributed by atoms with E-state index in [9.17, 15) is 5.11 Å². The van der Waals surface area contributed by atoms with Gasteiger partial charge in [0.2, 0.25) is 0 Å². The first-order valence-electron chi connectivity index (χ1n) is 4.80. The lowest BCUT2D eigenvalue weighted by atomic mass is 9.96. The Balaban J connectivity index is 2.49. The number of aryl methyl sites for hydroxylation is 1. The molecule has 0 fully saturated rings. The molecule has 2 rings (SSSR count). The molecular formula is C11H15NO2. The maximum Gasteiger partial charge on any atom is 0.142 e. The van der Waals surface area contributed by atoms with Crippen LogP contribution in [0.25, 0.3) is 0 Å². The number of methoxy groups -OCH3 is 1. The maximum atomic E-state index is 9.54. The van der Waals surface area contributed by atoms with E-state index in [1.165, 1.54) is 11.1 Å². The Morgan fingerprint density at radius 1 is 1.50 bits per heavy atom. The summed E-state index contributed by atoms with van der Waals surface area (Å²) in [5.41, 5.74) is 3.41. The highest BCUT2D eigenvalue weighted by Gasteiger charge is 2.20. The summed E-state index contributed by atoms with van der Waals surface area (Å²) < 4.78 is 5.26. The molecule has 1 heterocycles. The fourth-order valence-electron chi connectivity index (χ4n) is 1.89. The lowest BCUT2D eigenvalue weighted by Crippen LogP contribution is -2.28. The molecule has 3 heteroatoms. The molecule has 1 aromatic carbocycles. The van der Waals surface area contributed by atoms with Gasteiger partial charge in [-0.3, -0.25) is 0 Å². The Morgan fingerprint density at radius 2 is 2.29 bits per heavy atom. The van der Waals surface area contributed by atoms with Gasteiger partial charge in [-0.1, -0.05) is 6.07 Å². The van der Waals surface area contributed by atoms with E-state index in [4.69, 9.17) is 4.74 Å². The van der Waals surface area contributed by atoms with E-state index in [0.29, 0.717) is 13.0 Å². The number of fused-ring (bicyclic) bond motifs is 1. The van der Waals surface area contributed by atoms with E-state index in [1.807, 2.05) is 12.1 Å². The van der Waals surface area contributed by atoms with Crippen LogP contribution >= 0.6 is 0 Å². The zero-order chi connectivity index (χ0) is 10.1. The van der Waals surface area contributed by atoms with Gasteiger partial charge in [0.1, 0.15) is 5.75 Å². The lowest BCUT2D eigenvalue weighted by Gasteiger charge is -2.25. The van der Waals surface area contributed by atoms with Gasteiger partial charge in [0.05, 0.1) is 18.9 Å². The van der Waals surface area contributed by atoms with Crippen LogP contribution in [0.2, 0.25) is 0 Å². The molecule has 3 nitrogen and oxygen atoms in total. The van der Waals surface area contributed by atoms with Gasteiger partial charge >= 0.3 is 0 Å². The summed E-state index contributed by atoms with van der Waals surface area (Å²) in [6.07, 6.45) is 0.430. The third-order valence-corrected chi connectivity index (χ3v) is 2.68. The van der Waals surface area contributed by atoms with Crippen molar-refractivity contribution in [3.05, 3.63) is 23.3 Å². The van der Waals surface area contributed by atoms with E-state index in [1.54, 1.807) is 7.11 Å². The molecule has 76 valence electrons. The van der Waals surface area contributed by atoms with Crippen LogP contribution in [-0.4, -0.2) is 24.9 Å². The molecular weight excluding hydrogens is 178 g/mol. The van der Waals surface area contributed by atoms with Gasteiger partial charge in [-0.2, -0.15) is 0 Å². The highest BCUT2D eigenvalue weighted by Crippen LogP contribution is 2.34. The van der Waals surface area contributed by atoms with Gasteiger partial charge in [-0.05, 0) is 24.1 Å². The molecule has 1 atom stereocenters. The first-order chi connectivity index (χ1) is 6.72. The highest BCUT2D eigenvalue weighted by atomic mass is 16.5. The highest BCUT2D eigenvalue weighted by molar-refractivity contribution is 5.66. The maximum absolute atomic E-state index is 9.54. The van der Waals surface area contributed by atoms with Gasteiger partial charge in [-0.15, -0.1) is 0 Å². The second kappa shape index (κ2) is 3.50. The van der Waals surface area contributed by atoms with E-state index in [2.05, 4.69) is 12.2 Å². The van der Waals surface area contributed by atoms with Gasteiger partial charge in [-0.25, -0.2) is 0 Å². The number of aliphatic hydroxyl groups is 1. The number of ether oxygens (including phenoxy) is 1. The van der Waals surface area contributed by atoms with E-state index < -0.39 is 0 Å². The average molecular weight is 193 g/mol. The zero-order valence-corrected chi connectivity index (χ0v) is 8.50. The molecule has 0 radical (unpaired) electrons. The van der Waals surface area contributed by atoms with Crippen molar-refractivity contribution in [2.24, 2.45) is 0 Å². The van der Waals surface area contributed by atoms with Crippen LogP contribution in [0.5, 0.6) is 5.75 Å². The summed E-state index contributed by atoms with van der Waals surface area (Å²) in [4.78, 5) is 0. The number of benzene rings is 1. The average Bonchev–Trinajstić information content (AvgIpc) is 2.19. The molecule has 14 heavy (non-hydrogen) atoms. The molecule has 2 N–H and O–H groups in total. The Morgan fingerprint density at radius 3 is 3.00 bits per heavy atom. The molecule has 1 aliphatic heterocycles. The minimum Gasteiger partial charge on any atom is -0.495 e. The van der Waals surface area contributed by atoms with Crippen molar-refractivity contribution in [1.82, 2.24) is 0 Å². The summed E-state index contributed by atoms with van der Waals surface area (Å²) in [5.74, 6) is 0.859. The van der Waals surface area contributed by atoms with Crippen LogP contribution in [0.4, 0.5) is 5.69 Å². The monoisotopic (exact) mass is 193 g/mol. The van der Waals surface area contributed by atoms with Crippen molar-refractivity contribution in [3.63, 3.8) is 0 Å². The van der Waals surface area contributed by atoms with Gasteiger partial charge in [0.15, 0.2) is 0 Å². The minimum absolute atomic E-state index is 0.284. The first kappa shape index (κ1) is 9.34. The van der Waals surface area contributed by atoms with Crippen molar-refractivity contribution in [1.29, 1.82) is 0 Å². The zero-order valence-electron chi connectivity index (χ0n) is 8.50. The van der Waals surface area contributed by atoms with Crippen LogP contribution in [0.3, 0.4) is 0 Å². The standard InChI is InChI=1S/C11H15NO2/c1-7-3-4-10(14-2)11-9(7)5-8(13)6-12-11/h3-4,8,12-13H,5-6H2,1-2H3. The molecule has 1 aliphatic rings. The van der Waals surface area contributed by atoms with Crippen LogP contribution < -0.4 is 10.1 Å². The number of nitrogens with one attached hydrogen (secondary N) is 1. The molecule has 0 saturated heterocycles. The van der Waals surface area contributed by atoms with Gasteiger partial charge < -0.3 is 15.2 Å². The van der Waals surface area contributed by atoms with Crippen LogP contribution in [0.1, 0.15) is 11.1 Å². The number of hydrogen-bond acceptors (Lipinski definition) is 3. The van der Waals surface area contributed by atoms with Crippen molar-refractivity contribution in [2.75, 3.05) is 19.0 Å². The number of hydrogen-bond donors (Lipinski definition) is 2. The number of rotatable bonds is 1. The van der Waals surface area contributed by atoms with E-state index >= 15 is 0 Å². The third kappa shape index (κ3) is 1.44. The van der Waals surface area contributed by atoms with Crippen LogP contribution in [0.15, 0.2) is 12.1 Å². The van der Waals surface area contributed by atoms with E-state index in [0.717, 1.165) is 11.4 Å². The molecule has 0 saturated carbocycles. The summed E-state index contributed by atoms with van der Waals surface area (Å²) in [7, 11) is 1.66. The summed E-state index contributed by atoms with van der Waals surface area (Å²) in [5, 5.41) is 12.7. The quantitative estimate of drug-likeness (QED) is 0.707. The molecule has 0 bridgehead atoms. The molecule has 0 aliphatic carbocycles. The Hall–Kier alpha value is -1.22. The SMILES string of the molecule is COc1ccc(C)c2c1NCC(O)C2. The van der Waals surface area contributed by atoms with Crippen LogP contribution in [0, 0.1) is 6.92 Å². The van der Waals surface area contributed by atoms with Crippen molar-refractivity contribution in [3.8, 4) is 5.75 Å². The molecule has 0 amide bonds. The number of aliphatic hydroxyl groups excluding tert-OH is 1. The Kier molecular flexibility index (Phi) is 2.33. The second-order valence-electron chi connectivity index (χ2n) is 3.68. The second-order valence-corrected chi connectivity index (χ2v) is 3.68. The number of anilines is 1. The smallest absolute Gasteiger partial charge is 0.142 e. The van der Waals surface area contributed by atoms with Gasteiger partial charge in [0, 0.05) is 13.0 Å². The Labute approximate surface area is 83.7 Å². The van der Waals surface area contributed by atoms with Crippen LogP contribution in [-0.2, 0) is 6.42 Å². The summed E-state index contributed by atoms with van der Waals surface area (Å²) >= 11 is 0. The Bertz CT molecular complexity index is 349. The predicted octanol–water partition coefficient (Wildman–Crippen LogP) is 1.33. The predicted molar refractivity (Wildman–Crippen MR) is 55.9 cm³/mol. The largest absolute Gasteiger partial charge is 0.495 e. The first-order valence-corrected chi connectivity index (χ1v) is 4.80. The summed E-state index contributed by atoms with van der Waals surface area (Å²) in [6, 6.07) is 3.98. The van der Waals surface area contributed by atoms with Gasteiger partial charge in [0.25, 0.3) is 0 Å². The molecule has 0 aromatic heterocycles. The topological polar surface area (TPSA) is 41.5 Å². The molecule has 1 unspecified atom stereocenters. The van der Waals surface area contributed by atoms with E-state index in [-0.39, 0.29) is 6.10 Å². The lowest BCUT2D eigenvalue weighted by molar-refractivity contribution is 0.184. The number of β-amino-alcohol motifs (C(OH)–C–C–N with tert-alkyl or cyclic N) is 1. The third-order valence-electron chi connectivity index (χ3n) is 2.68. The van der Waals surface area contributed by atoms with Crippen molar-refractivity contribution >= 4 is 5.69 Å². The van der Waals surface area contributed by atoms with Crippen molar-refractivity contribution in [2.45, 2.75) is 19.4 Å². The minimum atomic E-state index is -0.284. The summed E-state index contributed by atoms with van der Waals surface area (Å²) in [6.45, 7) is 2.66. The fourth-order valence-corrected chi connectivity index (χ4v) is 1.89. The normalized spacial score (nSPS) is 19.8. The molecule has 1 aromatic rings. The van der Waals surface area contributed by atoms with Crippen molar-refractivity contribution < 1.29 is 9.84 Å². The fraction of sp³-hybridized carbons (Fsp3) is 0.455. The molecule has 0 spiro atoms.